The van der Waals surface area contributed by atoms with Gasteiger partial charge in [-0.25, -0.2) is 4.79 Å². The fourth-order valence-corrected chi connectivity index (χ4v) is 2.00. The molecule has 1 aliphatic heterocycles. The van der Waals surface area contributed by atoms with Crippen molar-refractivity contribution < 1.29 is 9.53 Å². The molecule has 0 spiro atoms. The highest BCUT2D eigenvalue weighted by molar-refractivity contribution is 5.68. The zero-order valence-electron chi connectivity index (χ0n) is 11.9. The molecule has 1 heterocycles. The van der Waals surface area contributed by atoms with Crippen LogP contribution in [0.15, 0.2) is 0 Å². The standard InChI is InChI=1S/C13H26N2O2/c1-9-7-14-8-10(13(9,5)6)15-11(16)17-12(2,3)4/h9-10,14H,7-8H2,1-6H3,(H,15,16)/t9-,10+/m0/s1. The fraction of sp³-hybridized carbons (Fsp3) is 0.923. The van der Waals surface area contributed by atoms with Gasteiger partial charge in [-0.2, -0.15) is 0 Å². The number of nitrogens with one attached hydrogen (secondary N) is 2. The van der Waals surface area contributed by atoms with Gasteiger partial charge in [-0.05, 0) is 38.6 Å². The summed E-state index contributed by atoms with van der Waals surface area (Å²) in [6, 6.07) is 0.112. The zero-order chi connectivity index (χ0) is 13.3. The molecule has 100 valence electrons. The number of carbonyl (C=O) groups excluding carboxylic acids is 1. The van der Waals surface area contributed by atoms with Crippen LogP contribution in [0.4, 0.5) is 4.79 Å². The van der Waals surface area contributed by atoms with E-state index in [0.29, 0.717) is 5.92 Å². The SMILES string of the molecule is C[C@H]1CNC[C@@H](NC(=O)OC(C)(C)C)C1(C)C. The maximum atomic E-state index is 11.8. The van der Waals surface area contributed by atoms with Crippen LogP contribution in [-0.2, 0) is 4.74 Å². The maximum absolute atomic E-state index is 11.8. The Bertz CT molecular complexity index is 282. The highest BCUT2D eigenvalue weighted by atomic mass is 16.6. The number of ether oxygens (including phenoxy) is 1. The van der Waals surface area contributed by atoms with E-state index in [9.17, 15) is 4.79 Å². The summed E-state index contributed by atoms with van der Waals surface area (Å²) in [6.07, 6.45) is -0.327. The molecular formula is C13H26N2O2. The van der Waals surface area contributed by atoms with Gasteiger partial charge in [0.25, 0.3) is 0 Å². The Morgan fingerprint density at radius 2 is 1.94 bits per heavy atom. The number of rotatable bonds is 1. The summed E-state index contributed by atoms with van der Waals surface area (Å²) in [6.45, 7) is 14.0. The summed E-state index contributed by atoms with van der Waals surface area (Å²) in [5, 5.41) is 6.31. The summed E-state index contributed by atoms with van der Waals surface area (Å²) in [5.74, 6) is 0.524. The fourth-order valence-electron chi connectivity index (χ4n) is 2.00. The van der Waals surface area contributed by atoms with E-state index in [2.05, 4.69) is 31.4 Å². The van der Waals surface area contributed by atoms with E-state index in [-0.39, 0.29) is 17.6 Å². The Labute approximate surface area is 104 Å². The van der Waals surface area contributed by atoms with Gasteiger partial charge in [-0.3, -0.25) is 0 Å². The van der Waals surface area contributed by atoms with Crippen LogP contribution >= 0.6 is 0 Å². The molecule has 2 atom stereocenters. The lowest BCUT2D eigenvalue weighted by molar-refractivity contribution is 0.0377. The summed E-state index contributed by atoms with van der Waals surface area (Å²) in [5.41, 5.74) is -0.357. The van der Waals surface area contributed by atoms with E-state index in [1.165, 1.54) is 0 Å². The molecule has 0 aliphatic carbocycles. The highest BCUT2D eigenvalue weighted by Crippen LogP contribution is 2.32. The van der Waals surface area contributed by atoms with E-state index in [4.69, 9.17) is 4.74 Å². The van der Waals surface area contributed by atoms with Crippen LogP contribution in [-0.4, -0.2) is 30.8 Å². The minimum absolute atomic E-state index is 0.0855. The molecule has 1 rings (SSSR count). The van der Waals surface area contributed by atoms with Gasteiger partial charge >= 0.3 is 6.09 Å². The predicted octanol–water partition coefficient (Wildman–Crippen LogP) is 2.15. The molecule has 1 aliphatic rings. The normalized spacial score (nSPS) is 28.6. The number of hydrogen-bond donors (Lipinski definition) is 2. The Balaban J connectivity index is 2.58. The highest BCUT2D eigenvalue weighted by Gasteiger charge is 2.39. The van der Waals surface area contributed by atoms with Crippen LogP contribution in [0.25, 0.3) is 0 Å². The van der Waals surface area contributed by atoms with Gasteiger partial charge in [0.2, 0.25) is 0 Å². The minimum Gasteiger partial charge on any atom is -0.444 e. The molecule has 1 amide bonds. The van der Waals surface area contributed by atoms with Crippen LogP contribution in [0, 0.1) is 11.3 Å². The Kier molecular flexibility index (Phi) is 4.07. The molecule has 1 fully saturated rings. The molecule has 0 aromatic rings. The first-order chi connectivity index (χ1) is 7.63. The molecule has 0 unspecified atom stereocenters. The van der Waals surface area contributed by atoms with Crippen molar-refractivity contribution in [3.8, 4) is 0 Å². The van der Waals surface area contributed by atoms with Crippen molar-refractivity contribution in [1.29, 1.82) is 0 Å². The Morgan fingerprint density at radius 3 is 2.47 bits per heavy atom. The molecule has 0 aromatic carbocycles. The first kappa shape index (κ1) is 14.3. The van der Waals surface area contributed by atoms with Crippen molar-refractivity contribution in [1.82, 2.24) is 10.6 Å². The monoisotopic (exact) mass is 242 g/mol. The molecule has 0 radical (unpaired) electrons. The lowest BCUT2D eigenvalue weighted by atomic mass is 9.71. The third kappa shape index (κ3) is 3.87. The number of carbonyl (C=O) groups is 1. The van der Waals surface area contributed by atoms with Crippen molar-refractivity contribution in [2.45, 2.75) is 53.2 Å². The predicted molar refractivity (Wildman–Crippen MR) is 69.0 cm³/mol. The minimum atomic E-state index is -0.443. The van der Waals surface area contributed by atoms with Crippen molar-refractivity contribution in [3.05, 3.63) is 0 Å². The van der Waals surface area contributed by atoms with Crippen molar-refractivity contribution in [3.63, 3.8) is 0 Å². The molecule has 4 heteroatoms. The third-order valence-electron chi connectivity index (χ3n) is 3.66. The Hall–Kier alpha value is -0.770. The summed E-state index contributed by atoms with van der Waals surface area (Å²) < 4.78 is 5.29. The Morgan fingerprint density at radius 1 is 1.35 bits per heavy atom. The van der Waals surface area contributed by atoms with Crippen molar-refractivity contribution in [2.75, 3.05) is 13.1 Å². The molecule has 4 nitrogen and oxygen atoms in total. The van der Waals surface area contributed by atoms with Crippen LogP contribution in [0.3, 0.4) is 0 Å². The van der Waals surface area contributed by atoms with E-state index >= 15 is 0 Å². The molecule has 1 saturated heterocycles. The summed E-state index contributed by atoms with van der Waals surface area (Å²) in [7, 11) is 0. The summed E-state index contributed by atoms with van der Waals surface area (Å²) >= 11 is 0. The number of amides is 1. The topological polar surface area (TPSA) is 50.4 Å². The second-order valence-electron chi connectivity index (χ2n) is 6.58. The average Bonchev–Trinajstić information content (AvgIpc) is 2.10. The third-order valence-corrected chi connectivity index (χ3v) is 3.66. The quantitative estimate of drug-likeness (QED) is 0.740. The second kappa shape index (κ2) is 4.84. The second-order valence-corrected chi connectivity index (χ2v) is 6.58. The molecule has 0 aromatic heterocycles. The van der Waals surface area contributed by atoms with Gasteiger partial charge in [0, 0.05) is 6.54 Å². The van der Waals surface area contributed by atoms with Gasteiger partial charge in [0.05, 0.1) is 6.04 Å². The maximum Gasteiger partial charge on any atom is 0.407 e. The lowest BCUT2D eigenvalue weighted by Crippen LogP contribution is -2.59. The first-order valence-corrected chi connectivity index (χ1v) is 6.33. The van der Waals surface area contributed by atoms with Gasteiger partial charge < -0.3 is 15.4 Å². The molecule has 0 saturated carbocycles. The van der Waals surface area contributed by atoms with Crippen LogP contribution < -0.4 is 10.6 Å². The number of hydrogen-bond acceptors (Lipinski definition) is 3. The molecular weight excluding hydrogens is 216 g/mol. The van der Waals surface area contributed by atoms with E-state index in [1.807, 2.05) is 20.8 Å². The van der Waals surface area contributed by atoms with Crippen molar-refractivity contribution >= 4 is 6.09 Å². The van der Waals surface area contributed by atoms with Crippen LogP contribution in [0.1, 0.15) is 41.5 Å². The van der Waals surface area contributed by atoms with Gasteiger partial charge in [0.1, 0.15) is 5.60 Å². The van der Waals surface area contributed by atoms with Gasteiger partial charge in [0.15, 0.2) is 0 Å². The van der Waals surface area contributed by atoms with Gasteiger partial charge in [-0.15, -0.1) is 0 Å². The average molecular weight is 242 g/mol. The van der Waals surface area contributed by atoms with E-state index in [1.54, 1.807) is 0 Å². The zero-order valence-corrected chi connectivity index (χ0v) is 11.9. The van der Waals surface area contributed by atoms with Gasteiger partial charge in [-0.1, -0.05) is 20.8 Å². The smallest absolute Gasteiger partial charge is 0.407 e. The largest absolute Gasteiger partial charge is 0.444 e. The molecule has 17 heavy (non-hydrogen) atoms. The number of alkyl carbamates (subject to hydrolysis) is 1. The van der Waals surface area contributed by atoms with E-state index in [0.717, 1.165) is 13.1 Å². The molecule has 2 N–H and O–H groups in total. The van der Waals surface area contributed by atoms with Crippen LogP contribution in [0.5, 0.6) is 0 Å². The number of piperidine rings is 1. The molecule has 0 bridgehead atoms. The van der Waals surface area contributed by atoms with Crippen molar-refractivity contribution in [2.24, 2.45) is 11.3 Å². The first-order valence-electron chi connectivity index (χ1n) is 6.33. The summed E-state index contributed by atoms with van der Waals surface area (Å²) in [4.78, 5) is 11.8. The van der Waals surface area contributed by atoms with Crippen LogP contribution in [0.2, 0.25) is 0 Å². The van der Waals surface area contributed by atoms with E-state index < -0.39 is 5.60 Å². The lowest BCUT2D eigenvalue weighted by Gasteiger charge is -2.44.